The van der Waals surface area contributed by atoms with E-state index in [0.717, 1.165) is 11.1 Å². The number of carbonyl (C=O) groups is 4. The van der Waals surface area contributed by atoms with E-state index in [4.69, 9.17) is 18.9 Å². The Morgan fingerprint density at radius 1 is 0.816 bits per heavy atom. The van der Waals surface area contributed by atoms with Crippen molar-refractivity contribution in [3.63, 3.8) is 0 Å². The van der Waals surface area contributed by atoms with Crippen LogP contribution < -0.4 is 10.6 Å². The van der Waals surface area contributed by atoms with E-state index in [0.29, 0.717) is 0 Å². The maximum atomic E-state index is 12.5. The van der Waals surface area contributed by atoms with Crippen LogP contribution in [0.15, 0.2) is 36.4 Å². The molecule has 0 saturated carbocycles. The van der Waals surface area contributed by atoms with Crippen LogP contribution in [0, 0.1) is 5.92 Å². The largest absolute Gasteiger partial charge is 0.462 e. The Hall–Kier alpha value is -3.56. The van der Waals surface area contributed by atoms with Crippen molar-refractivity contribution in [1.82, 2.24) is 10.6 Å². The summed E-state index contributed by atoms with van der Waals surface area (Å²) < 4.78 is 20.8. The molecule has 1 aromatic rings. The van der Waals surface area contributed by atoms with Crippen molar-refractivity contribution in [2.75, 3.05) is 13.2 Å². The highest BCUT2D eigenvalue weighted by Gasteiger charge is 2.29. The summed E-state index contributed by atoms with van der Waals surface area (Å²) in [6.45, 7) is 18.9. The van der Waals surface area contributed by atoms with E-state index in [1.54, 1.807) is 27.7 Å². The van der Waals surface area contributed by atoms with Gasteiger partial charge in [0.15, 0.2) is 0 Å². The minimum absolute atomic E-state index is 0.0365. The zero-order chi connectivity index (χ0) is 29.3. The van der Waals surface area contributed by atoms with Crippen LogP contribution >= 0.6 is 0 Å². The lowest BCUT2D eigenvalue weighted by Crippen LogP contribution is -2.44. The van der Waals surface area contributed by atoms with Crippen molar-refractivity contribution < 1.29 is 38.1 Å². The predicted molar refractivity (Wildman–Crippen MR) is 142 cm³/mol. The van der Waals surface area contributed by atoms with E-state index < -0.39 is 41.4 Å². The topological polar surface area (TPSA) is 129 Å². The minimum atomic E-state index is -0.827. The van der Waals surface area contributed by atoms with Crippen LogP contribution in [0.1, 0.15) is 73.4 Å². The maximum absolute atomic E-state index is 12.5. The number of alkyl carbamates (subject to hydrolysis) is 2. The first-order chi connectivity index (χ1) is 17.4. The van der Waals surface area contributed by atoms with Gasteiger partial charge in [0.05, 0.1) is 17.0 Å². The Morgan fingerprint density at radius 3 is 1.63 bits per heavy atom. The lowest BCUT2D eigenvalue weighted by molar-refractivity contribution is -0.150. The number of carbonyl (C=O) groups excluding carboxylic acids is 4. The fraction of sp³-hybridized carbons (Fsp3) is 0.571. The van der Waals surface area contributed by atoms with E-state index >= 15 is 0 Å². The van der Waals surface area contributed by atoms with Gasteiger partial charge >= 0.3 is 24.1 Å². The first-order valence-corrected chi connectivity index (χ1v) is 12.5. The van der Waals surface area contributed by atoms with Crippen molar-refractivity contribution in [2.24, 2.45) is 5.92 Å². The third-order valence-electron chi connectivity index (χ3n) is 5.48. The zero-order valence-corrected chi connectivity index (χ0v) is 23.9. The summed E-state index contributed by atoms with van der Waals surface area (Å²) in [5, 5.41) is 5.65. The summed E-state index contributed by atoms with van der Waals surface area (Å²) in [7, 11) is 0. The molecule has 1 rings (SSSR count). The molecule has 10 nitrogen and oxygen atoms in total. The summed E-state index contributed by atoms with van der Waals surface area (Å²) in [5.41, 5.74) is 0.154. The van der Waals surface area contributed by atoms with E-state index in [1.807, 2.05) is 52.0 Å². The number of ether oxygens (including phenoxy) is 4. The fourth-order valence-electron chi connectivity index (χ4n) is 3.13. The van der Waals surface area contributed by atoms with E-state index in [2.05, 4.69) is 17.2 Å². The molecule has 10 heteroatoms. The molecule has 2 amide bonds. The number of amides is 2. The van der Waals surface area contributed by atoms with Crippen molar-refractivity contribution >= 4 is 24.1 Å². The third-order valence-corrected chi connectivity index (χ3v) is 5.48. The van der Waals surface area contributed by atoms with Gasteiger partial charge in [0, 0.05) is 5.57 Å². The lowest BCUT2D eigenvalue weighted by atomic mass is 9.87. The SMILES string of the molecule is C=C(C)C(=O)OCC(C)OC(=O)NC(C)(C)c1cccc(C(C)(C)NC(=O)OC(C)COC(=O)C(C)C)c1. The summed E-state index contributed by atoms with van der Waals surface area (Å²) in [5.74, 6) is -1.18. The Balaban J connectivity index is 2.78. The normalized spacial score (nSPS) is 13.1. The minimum Gasteiger partial charge on any atom is -0.462 e. The monoisotopic (exact) mass is 534 g/mol. The van der Waals surface area contributed by atoms with Gasteiger partial charge in [0.2, 0.25) is 0 Å². The molecule has 0 spiro atoms. The van der Waals surface area contributed by atoms with Gasteiger partial charge in [0.1, 0.15) is 25.4 Å². The van der Waals surface area contributed by atoms with Gasteiger partial charge in [-0.05, 0) is 59.6 Å². The number of nitrogens with one attached hydrogen (secondary N) is 2. The van der Waals surface area contributed by atoms with E-state index in [1.165, 1.54) is 6.92 Å². The summed E-state index contributed by atoms with van der Waals surface area (Å²) >= 11 is 0. The Morgan fingerprint density at radius 2 is 1.24 bits per heavy atom. The average Bonchev–Trinajstić information content (AvgIpc) is 2.79. The molecule has 0 saturated heterocycles. The van der Waals surface area contributed by atoms with E-state index in [-0.39, 0.29) is 30.7 Å². The molecule has 0 bridgehead atoms. The number of rotatable bonds is 12. The van der Waals surface area contributed by atoms with Crippen molar-refractivity contribution in [2.45, 2.75) is 85.6 Å². The third kappa shape index (κ3) is 10.8. The van der Waals surface area contributed by atoms with Gasteiger partial charge < -0.3 is 29.6 Å². The van der Waals surface area contributed by atoms with Gasteiger partial charge in [-0.1, -0.05) is 44.7 Å². The van der Waals surface area contributed by atoms with E-state index in [9.17, 15) is 19.2 Å². The summed E-state index contributed by atoms with van der Waals surface area (Å²) in [4.78, 5) is 48.1. The molecular weight excluding hydrogens is 492 g/mol. The Bertz CT molecular complexity index is 1020. The summed E-state index contributed by atoms with van der Waals surface area (Å²) in [6.07, 6.45) is -2.62. The van der Waals surface area contributed by atoms with Crippen LogP contribution in [-0.4, -0.2) is 49.5 Å². The van der Waals surface area contributed by atoms with Crippen LogP contribution in [0.2, 0.25) is 0 Å². The molecule has 0 aliphatic rings. The van der Waals surface area contributed by atoms with Gasteiger partial charge in [-0.2, -0.15) is 0 Å². The highest BCUT2D eigenvalue weighted by Crippen LogP contribution is 2.27. The van der Waals surface area contributed by atoms with Crippen LogP contribution in [0.25, 0.3) is 0 Å². The van der Waals surface area contributed by atoms with Crippen LogP contribution in [0.5, 0.6) is 0 Å². The molecule has 0 radical (unpaired) electrons. The highest BCUT2D eigenvalue weighted by atomic mass is 16.6. The van der Waals surface area contributed by atoms with Gasteiger partial charge in [-0.25, -0.2) is 14.4 Å². The maximum Gasteiger partial charge on any atom is 0.408 e. The van der Waals surface area contributed by atoms with Crippen LogP contribution in [0.4, 0.5) is 9.59 Å². The quantitative estimate of drug-likeness (QED) is 0.224. The Kier molecular flexibility index (Phi) is 11.8. The van der Waals surface area contributed by atoms with Gasteiger partial charge in [0.25, 0.3) is 0 Å². The molecule has 2 N–H and O–H groups in total. The highest BCUT2D eigenvalue weighted by molar-refractivity contribution is 5.86. The van der Waals surface area contributed by atoms with Crippen molar-refractivity contribution in [3.05, 3.63) is 47.5 Å². The molecule has 212 valence electrons. The van der Waals surface area contributed by atoms with Crippen molar-refractivity contribution in [1.29, 1.82) is 0 Å². The molecule has 0 aromatic heterocycles. The molecule has 2 unspecified atom stereocenters. The van der Waals surface area contributed by atoms with Gasteiger partial charge in [-0.15, -0.1) is 0 Å². The molecule has 0 aliphatic carbocycles. The van der Waals surface area contributed by atoms with Crippen molar-refractivity contribution in [3.8, 4) is 0 Å². The second kappa shape index (κ2) is 13.8. The predicted octanol–water partition coefficient (Wildman–Crippen LogP) is 4.70. The first kappa shape index (κ1) is 32.5. The molecule has 38 heavy (non-hydrogen) atoms. The van der Waals surface area contributed by atoms with Crippen LogP contribution in [-0.2, 0) is 39.6 Å². The summed E-state index contributed by atoms with van der Waals surface area (Å²) in [6, 6.07) is 7.39. The molecule has 0 heterocycles. The average molecular weight is 535 g/mol. The number of hydrogen-bond acceptors (Lipinski definition) is 8. The second-order valence-corrected chi connectivity index (χ2v) is 10.7. The first-order valence-electron chi connectivity index (χ1n) is 12.5. The molecule has 1 aromatic carbocycles. The number of esters is 2. The molecule has 0 fully saturated rings. The molecule has 2 atom stereocenters. The second-order valence-electron chi connectivity index (χ2n) is 10.7. The number of hydrogen-bond donors (Lipinski definition) is 2. The smallest absolute Gasteiger partial charge is 0.408 e. The zero-order valence-electron chi connectivity index (χ0n) is 23.9. The fourth-order valence-corrected chi connectivity index (χ4v) is 3.13. The number of benzene rings is 1. The Labute approximate surface area is 225 Å². The standard InChI is InChI=1S/C28H42N2O8/c1-17(2)23(31)35-15-19(5)37-25(33)29-27(7,8)21-12-11-13-22(14-21)28(9,10)30-26(34)38-20(6)16-36-24(32)18(3)4/h11-14,18-20H,1,15-16H2,2-10H3,(H,29,33)(H,30,34). The molecule has 0 aliphatic heterocycles. The lowest BCUT2D eigenvalue weighted by Gasteiger charge is -2.31. The van der Waals surface area contributed by atoms with Crippen LogP contribution in [0.3, 0.4) is 0 Å². The van der Waals surface area contributed by atoms with Gasteiger partial charge in [-0.3, -0.25) is 4.79 Å². The molecular formula is C28H42N2O8.